The lowest BCUT2D eigenvalue weighted by Gasteiger charge is -2.20. The molecule has 1 amide bonds. The molecule has 1 aliphatic heterocycles. The van der Waals surface area contributed by atoms with Crippen molar-refractivity contribution >= 4 is 23.5 Å². The molecule has 0 bridgehead atoms. The van der Waals surface area contributed by atoms with E-state index in [1.54, 1.807) is 32.3 Å². The number of benzene rings is 3. The zero-order valence-corrected chi connectivity index (χ0v) is 17.5. The van der Waals surface area contributed by atoms with E-state index in [0.29, 0.717) is 28.7 Å². The summed E-state index contributed by atoms with van der Waals surface area (Å²) in [7, 11) is 4.82. The molecule has 3 aromatic carbocycles. The highest BCUT2D eigenvalue weighted by atomic mass is 16.5. The van der Waals surface area contributed by atoms with Crippen LogP contribution in [-0.2, 0) is 4.79 Å². The topological polar surface area (TPSA) is 60.4 Å². The Labute approximate surface area is 181 Å². The zero-order chi connectivity index (χ0) is 21.8. The molecule has 1 heterocycles. The Morgan fingerprint density at radius 3 is 2.00 bits per heavy atom. The van der Waals surface area contributed by atoms with Crippen molar-refractivity contribution in [1.82, 2.24) is 0 Å². The van der Waals surface area contributed by atoms with Crippen LogP contribution < -0.4 is 19.1 Å². The number of aliphatic imine (C=N–C) groups is 1. The third kappa shape index (κ3) is 4.00. The first-order valence-electron chi connectivity index (χ1n) is 9.71. The maximum Gasteiger partial charge on any atom is 0.282 e. The van der Waals surface area contributed by atoms with E-state index >= 15 is 0 Å². The summed E-state index contributed by atoms with van der Waals surface area (Å²) < 4.78 is 16.0. The standard InChI is InChI=1S/C25H22N2O4/c1-29-19-12-8-17(9-13-19)16-22-25(28)27(18-10-14-20(30-2)15-11-18)24(26-22)21-6-4-5-7-23(21)31-3/h4-16H,1-3H3/b22-16-. The largest absolute Gasteiger partial charge is 0.497 e. The molecule has 4 rings (SSSR count). The van der Waals surface area contributed by atoms with Gasteiger partial charge in [-0.1, -0.05) is 24.3 Å². The highest BCUT2D eigenvalue weighted by molar-refractivity contribution is 6.33. The fourth-order valence-corrected chi connectivity index (χ4v) is 3.36. The number of amidine groups is 1. The van der Waals surface area contributed by atoms with Crippen LogP contribution in [-0.4, -0.2) is 33.1 Å². The molecule has 0 saturated carbocycles. The maximum atomic E-state index is 13.4. The maximum absolute atomic E-state index is 13.4. The Morgan fingerprint density at radius 1 is 0.774 bits per heavy atom. The molecule has 0 N–H and O–H groups in total. The number of hydrogen-bond donors (Lipinski definition) is 0. The normalized spacial score (nSPS) is 14.5. The highest BCUT2D eigenvalue weighted by Crippen LogP contribution is 2.32. The summed E-state index contributed by atoms with van der Waals surface area (Å²) in [5, 5.41) is 0. The Balaban J connectivity index is 1.81. The van der Waals surface area contributed by atoms with Crippen molar-refractivity contribution in [2.75, 3.05) is 26.2 Å². The van der Waals surface area contributed by atoms with Crippen LogP contribution in [0, 0.1) is 0 Å². The molecule has 6 nitrogen and oxygen atoms in total. The van der Waals surface area contributed by atoms with Crippen molar-refractivity contribution in [1.29, 1.82) is 0 Å². The van der Waals surface area contributed by atoms with Gasteiger partial charge in [0, 0.05) is 0 Å². The first-order chi connectivity index (χ1) is 15.1. The molecule has 0 atom stereocenters. The second-order valence-electron chi connectivity index (χ2n) is 6.78. The Morgan fingerprint density at radius 2 is 1.39 bits per heavy atom. The Hall–Kier alpha value is -4.06. The lowest BCUT2D eigenvalue weighted by molar-refractivity contribution is -0.113. The summed E-state index contributed by atoms with van der Waals surface area (Å²) in [5.74, 6) is 2.38. The second-order valence-corrected chi connectivity index (χ2v) is 6.78. The van der Waals surface area contributed by atoms with Crippen molar-refractivity contribution in [2.24, 2.45) is 4.99 Å². The number of amides is 1. The molecule has 0 saturated heterocycles. The van der Waals surface area contributed by atoms with Gasteiger partial charge in [0.05, 0.1) is 32.6 Å². The minimum atomic E-state index is -0.220. The first kappa shape index (κ1) is 20.2. The second kappa shape index (κ2) is 8.75. The number of hydrogen-bond acceptors (Lipinski definition) is 5. The van der Waals surface area contributed by atoms with Crippen LogP contribution in [0.3, 0.4) is 0 Å². The van der Waals surface area contributed by atoms with Crippen molar-refractivity contribution in [2.45, 2.75) is 0 Å². The van der Waals surface area contributed by atoms with Crippen molar-refractivity contribution < 1.29 is 19.0 Å². The van der Waals surface area contributed by atoms with Gasteiger partial charge in [0.25, 0.3) is 5.91 Å². The highest BCUT2D eigenvalue weighted by Gasteiger charge is 2.33. The number of rotatable bonds is 6. The fourth-order valence-electron chi connectivity index (χ4n) is 3.36. The van der Waals surface area contributed by atoms with Crippen molar-refractivity contribution in [3.8, 4) is 17.2 Å². The molecule has 0 fully saturated rings. The molecule has 3 aromatic rings. The molecule has 0 unspecified atom stereocenters. The van der Waals surface area contributed by atoms with Gasteiger partial charge < -0.3 is 14.2 Å². The van der Waals surface area contributed by atoms with E-state index in [1.165, 1.54) is 0 Å². The van der Waals surface area contributed by atoms with Crippen LogP contribution in [0.5, 0.6) is 17.2 Å². The van der Waals surface area contributed by atoms with E-state index in [0.717, 1.165) is 16.9 Å². The Kier molecular flexibility index (Phi) is 5.71. The zero-order valence-electron chi connectivity index (χ0n) is 17.5. The average molecular weight is 414 g/mol. The van der Waals surface area contributed by atoms with Gasteiger partial charge in [0.15, 0.2) is 5.84 Å². The van der Waals surface area contributed by atoms with Gasteiger partial charge in [-0.05, 0) is 60.2 Å². The van der Waals surface area contributed by atoms with E-state index in [1.807, 2.05) is 72.8 Å². The summed E-state index contributed by atoms with van der Waals surface area (Å²) in [6.45, 7) is 0. The van der Waals surface area contributed by atoms with Crippen LogP contribution in [0.15, 0.2) is 83.5 Å². The smallest absolute Gasteiger partial charge is 0.282 e. The van der Waals surface area contributed by atoms with Gasteiger partial charge >= 0.3 is 0 Å². The molecule has 156 valence electrons. The first-order valence-corrected chi connectivity index (χ1v) is 9.71. The lowest BCUT2D eigenvalue weighted by Crippen LogP contribution is -2.32. The molecule has 0 aliphatic carbocycles. The number of carbonyl (C=O) groups is 1. The van der Waals surface area contributed by atoms with E-state index in [-0.39, 0.29) is 5.91 Å². The minimum Gasteiger partial charge on any atom is -0.497 e. The molecular formula is C25H22N2O4. The molecule has 0 radical (unpaired) electrons. The predicted molar refractivity (Wildman–Crippen MR) is 121 cm³/mol. The van der Waals surface area contributed by atoms with Gasteiger partial charge in [-0.3, -0.25) is 9.69 Å². The number of methoxy groups -OCH3 is 3. The SMILES string of the molecule is COc1ccc(/C=C2\N=C(c3ccccc3OC)N(c3ccc(OC)cc3)C2=O)cc1. The average Bonchev–Trinajstić information content (AvgIpc) is 3.15. The molecule has 6 heteroatoms. The monoisotopic (exact) mass is 414 g/mol. The van der Waals surface area contributed by atoms with Crippen LogP contribution in [0.25, 0.3) is 6.08 Å². The van der Waals surface area contributed by atoms with Crippen LogP contribution in [0.2, 0.25) is 0 Å². The van der Waals surface area contributed by atoms with Gasteiger partial charge in [-0.15, -0.1) is 0 Å². The molecule has 31 heavy (non-hydrogen) atoms. The summed E-state index contributed by atoms with van der Waals surface area (Å²) >= 11 is 0. The number of anilines is 1. The van der Waals surface area contributed by atoms with E-state index < -0.39 is 0 Å². The van der Waals surface area contributed by atoms with Gasteiger partial charge in [-0.25, -0.2) is 4.99 Å². The molecular weight excluding hydrogens is 392 g/mol. The third-order valence-corrected chi connectivity index (χ3v) is 4.96. The summed E-state index contributed by atoms with van der Waals surface area (Å²) in [6, 6.07) is 22.2. The predicted octanol–water partition coefficient (Wildman–Crippen LogP) is 4.55. The van der Waals surface area contributed by atoms with Gasteiger partial charge in [0.1, 0.15) is 22.9 Å². The van der Waals surface area contributed by atoms with Crippen LogP contribution in [0.1, 0.15) is 11.1 Å². The van der Waals surface area contributed by atoms with Crippen molar-refractivity contribution in [3.05, 3.63) is 89.6 Å². The molecule has 0 spiro atoms. The number of ether oxygens (including phenoxy) is 3. The fraction of sp³-hybridized carbons (Fsp3) is 0.120. The molecule has 0 aromatic heterocycles. The van der Waals surface area contributed by atoms with Gasteiger partial charge in [-0.2, -0.15) is 0 Å². The van der Waals surface area contributed by atoms with E-state index in [9.17, 15) is 4.79 Å². The van der Waals surface area contributed by atoms with Crippen LogP contribution in [0.4, 0.5) is 5.69 Å². The molecule has 1 aliphatic rings. The number of para-hydroxylation sites is 1. The Bertz CT molecular complexity index is 1150. The lowest BCUT2D eigenvalue weighted by atomic mass is 10.1. The van der Waals surface area contributed by atoms with E-state index in [4.69, 9.17) is 19.2 Å². The summed E-state index contributed by atoms with van der Waals surface area (Å²) in [6.07, 6.45) is 1.76. The van der Waals surface area contributed by atoms with Gasteiger partial charge in [0.2, 0.25) is 0 Å². The third-order valence-electron chi connectivity index (χ3n) is 4.96. The van der Waals surface area contributed by atoms with Crippen LogP contribution >= 0.6 is 0 Å². The summed E-state index contributed by atoms with van der Waals surface area (Å²) in [5.41, 5.74) is 2.60. The number of nitrogens with zero attached hydrogens (tertiary/aromatic N) is 2. The summed E-state index contributed by atoms with van der Waals surface area (Å²) in [4.78, 5) is 19.7. The minimum absolute atomic E-state index is 0.220. The van der Waals surface area contributed by atoms with E-state index in [2.05, 4.69) is 0 Å². The van der Waals surface area contributed by atoms with Crippen molar-refractivity contribution in [3.63, 3.8) is 0 Å². The number of carbonyl (C=O) groups excluding carboxylic acids is 1. The quantitative estimate of drug-likeness (QED) is 0.556.